The zero-order valence-corrected chi connectivity index (χ0v) is 20.5. The number of benzene rings is 3. The number of aromatic nitrogens is 1. The van der Waals surface area contributed by atoms with Crippen LogP contribution in [0.2, 0.25) is 0 Å². The second kappa shape index (κ2) is 11.7. The van der Waals surface area contributed by atoms with Crippen molar-refractivity contribution in [3.8, 4) is 22.9 Å². The van der Waals surface area contributed by atoms with Crippen molar-refractivity contribution in [1.82, 2.24) is 10.3 Å². The summed E-state index contributed by atoms with van der Waals surface area (Å²) in [6.07, 6.45) is 1.36. The molecule has 6 nitrogen and oxygen atoms in total. The van der Waals surface area contributed by atoms with Crippen LogP contribution in [-0.2, 0) is 24.6 Å². The molecule has 2 N–H and O–H groups in total. The van der Waals surface area contributed by atoms with Crippen LogP contribution in [0, 0.1) is 5.92 Å². The average Bonchev–Trinajstić information content (AvgIpc) is 2.91. The molecule has 0 radical (unpaired) electrons. The molecule has 1 heterocycles. The van der Waals surface area contributed by atoms with Crippen LogP contribution in [0.25, 0.3) is 11.1 Å². The summed E-state index contributed by atoms with van der Waals surface area (Å²) in [5.74, 6) is 0.0999. The van der Waals surface area contributed by atoms with Crippen LogP contribution in [0.4, 0.5) is 0 Å². The minimum Gasteiger partial charge on any atom is -0.481 e. The number of nitrogens with one attached hydrogen (secondary N) is 1. The van der Waals surface area contributed by atoms with Gasteiger partial charge in [-0.25, -0.2) is 0 Å². The van der Waals surface area contributed by atoms with E-state index >= 15 is 0 Å². The fraction of sp³-hybridized carbons (Fsp3) is 0.226. The van der Waals surface area contributed by atoms with Gasteiger partial charge in [-0.1, -0.05) is 78.9 Å². The predicted octanol–water partition coefficient (Wildman–Crippen LogP) is 5.86. The fourth-order valence-electron chi connectivity index (χ4n) is 4.39. The summed E-state index contributed by atoms with van der Waals surface area (Å²) >= 11 is 0. The first-order valence-corrected chi connectivity index (χ1v) is 12.5. The Morgan fingerprint density at radius 2 is 1.46 bits per heavy atom. The largest absolute Gasteiger partial charge is 0.481 e. The molecule has 0 aliphatic heterocycles. The van der Waals surface area contributed by atoms with Crippen molar-refractivity contribution in [3.05, 3.63) is 114 Å². The smallest absolute Gasteiger partial charge is 0.306 e. The van der Waals surface area contributed by atoms with E-state index in [9.17, 15) is 4.79 Å². The third kappa shape index (κ3) is 6.54. The predicted molar refractivity (Wildman–Crippen MR) is 142 cm³/mol. The van der Waals surface area contributed by atoms with Crippen molar-refractivity contribution in [1.29, 1.82) is 0 Å². The summed E-state index contributed by atoms with van der Waals surface area (Å²) in [7, 11) is 0. The standard InChI is InChI=1S/C31H30N2O4/c34-31(35)26-17-27(18-26)32-19-24-12-7-13-25(16-24)28-14-15-29(36-20-22-8-3-1-4-9-22)33-30(28)37-21-23-10-5-2-6-11-23/h1-16,26-27,32H,17-21H2,(H,34,35). The van der Waals surface area contributed by atoms with Gasteiger partial charge in [-0.15, -0.1) is 0 Å². The summed E-state index contributed by atoms with van der Waals surface area (Å²) in [5, 5.41) is 12.6. The highest BCUT2D eigenvalue weighted by Gasteiger charge is 2.33. The van der Waals surface area contributed by atoms with Crippen molar-refractivity contribution in [2.45, 2.75) is 38.6 Å². The molecule has 4 aromatic rings. The van der Waals surface area contributed by atoms with Crippen LogP contribution in [0.5, 0.6) is 11.8 Å². The Morgan fingerprint density at radius 1 is 0.811 bits per heavy atom. The summed E-state index contributed by atoms with van der Waals surface area (Å²) < 4.78 is 12.2. The number of hydrogen-bond donors (Lipinski definition) is 2. The normalized spacial score (nSPS) is 16.5. The van der Waals surface area contributed by atoms with Crippen molar-refractivity contribution in [2.75, 3.05) is 0 Å². The van der Waals surface area contributed by atoms with Gasteiger partial charge in [0.2, 0.25) is 11.8 Å². The lowest BCUT2D eigenvalue weighted by Crippen LogP contribution is -2.43. The first kappa shape index (κ1) is 24.5. The number of nitrogens with zero attached hydrogens (tertiary/aromatic N) is 1. The van der Waals surface area contributed by atoms with Crippen LogP contribution < -0.4 is 14.8 Å². The first-order chi connectivity index (χ1) is 18.1. The number of carboxylic acid groups (broad SMARTS) is 1. The first-order valence-electron chi connectivity index (χ1n) is 12.5. The van der Waals surface area contributed by atoms with Gasteiger partial charge < -0.3 is 19.9 Å². The van der Waals surface area contributed by atoms with Crippen molar-refractivity contribution < 1.29 is 19.4 Å². The van der Waals surface area contributed by atoms with E-state index in [1.165, 1.54) is 0 Å². The molecule has 0 atom stereocenters. The van der Waals surface area contributed by atoms with E-state index in [-0.39, 0.29) is 12.0 Å². The summed E-state index contributed by atoms with van der Waals surface area (Å²) in [4.78, 5) is 15.8. The van der Waals surface area contributed by atoms with Crippen molar-refractivity contribution in [2.24, 2.45) is 5.92 Å². The highest BCUT2D eigenvalue weighted by atomic mass is 16.5. The highest BCUT2D eigenvalue weighted by molar-refractivity contribution is 5.71. The third-order valence-electron chi connectivity index (χ3n) is 6.60. The van der Waals surface area contributed by atoms with Gasteiger partial charge in [-0.05, 0) is 47.2 Å². The minimum atomic E-state index is -0.702. The van der Waals surface area contributed by atoms with Crippen LogP contribution >= 0.6 is 0 Å². The maximum absolute atomic E-state index is 11.1. The van der Waals surface area contributed by atoms with E-state index in [0.29, 0.717) is 44.4 Å². The highest BCUT2D eigenvalue weighted by Crippen LogP contribution is 2.32. The molecule has 0 bridgehead atoms. The Kier molecular flexibility index (Phi) is 7.77. The molecule has 6 heteroatoms. The van der Waals surface area contributed by atoms with E-state index in [1.807, 2.05) is 84.9 Å². The lowest BCUT2D eigenvalue weighted by Gasteiger charge is -2.33. The molecule has 0 saturated heterocycles. The molecule has 0 amide bonds. The van der Waals surface area contributed by atoms with Crippen molar-refractivity contribution in [3.63, 3.8) is 0 Å². The number of carbonyl (C=O) groups is 1. The molecule has 37 heavy (non-hydrogen) atoms. The summed E-state index contributed by atoms with van der Waals surface area (Å²) in [5.41, 5.74) is 5.14. The number of aliphatic carboxylic acids is 1. The molecule has 0 unspecified atom stereocenters. The summed E-state index contributed by atoms with van der Waals surface area (Å²) in [6.45, 7) is 1.50. The second-order valence-corrected chi connectivity index (χ2v) is 9.34. The van der Waals surface area contributed by atoms with E-state index in [2.05, 4.69) is 17.4 Å². The topological polar surface area (TPSA) is 80.7 Å². The van der Waals surface area contributed by atoms with Gasteiger partial charge >= 0.3 is 5.97 Å². The van der Waals surface area contributed by atoms with E-state index in [0.717, 1.165) is 27.8 Å². The van der Waals surface area contributed by atoms with Gasteiger partial charge in [-0.2, -0.15) is 4.98 Å². The molecular formula is C31H30N2O4. The lowest BCUT2D eigenvalue weighted by atomic mass is 9.80. The molecule has 5 rings (SSSR count). The lowest BCUT2D eigenvalue weighted by molar-refractivity contribution is -0.145. The average molecular weight is 495 g/mol. The second-order valence-electron chi connectivity index (χ2n) is 9.34. The van der Waals surface area contributed by atoms with E-state index in [4.69, 9.17) is 19.6 Å². The Balaban J connectivity index is 1.32. The molecule has 0 spiro atoms. The number of rotatable bonds is 11. The van der Waals surface area contributed by atoms with Crippen LogP contribution in [0.15, 0.2) is 97.1 Å². The Morgan fingerprint density at radius 3 is 2.14 bits per heavy atom. The SMILES string of the molecule is O=C(O)C1CC(NCc2cccc(-c3ccc(OCc4ccccc4)nc3OCc3ccccc3)c2)C1. The van der Waals surface area contributed by atoms with Crippen LogP contribution in [0.3, 0.4) is 0 Å². The van der Waals surface area contributed by atoms with Gasteiger partial charge in [-0.3, -0.25) is 4.79 Å². The maximum Gasteiger partial charge on any atom is 0.306 e. The summed E-state index contributed by atoms with van der Waals surface area (Å²) in [6, 6.07) is 32.4. The van der Waals surface area contributed by atoms with Gasteiger partial charge in [0.05, 0.1) is 5.92 Å². The van der Waals surface area contributed by atoms with E-state index < -0.39 is 5.97 Å². The molecule has 1 aromatic heterocycles. The fourth-order valence-corrected chi connectivity index (χ4v) is 4.39. The zero-order valence-electron chi connectivity index (χ0n) is 20.5. The number of pyridine rings is 1. The molecule has 1 saturated carbocycles. The molecule has 1 aliphatic carbocycles. The monoisotopic (exact) mass is 494 g/mol. The number of ether oxygens (including phenoxy) is 2. The quantitative estimate of drug-likeness (QED) is 0.272. The van der Waals surface area contributed by atoms with Gasteiger partial charge in [0.25, 0.3) is 0 Å². The number of hydrogen-bond acceptors (Lipinski definition) is 5. The Labute approximate surface area is 216 Å². The molecule has 3 aromatic carbocycles. The Hall–Kier alpha value is -4.16. The van der Waals surface area contributed by atoms with E-state index in [1.54, 1.807) is 0 Å². The molecule has 188 valence electrons. The van der Waals surface area contributed by atoms with Gasteiger partial charge in [0, 0.05) is 24.2 Å². The molecule has 1 aliphatic rings. The zero-order chi connectivity index (χ0) is 25.5. The Bertz CT molecular complexity index is 1320. The van der Waals surface area contributed by atoms with Crippen LogP contribution in [0.1, 0.15) is 29.5 Å². The number of carboxylic acids is 1. The van der Waals surface area contributed by atoms with Crippen LogP contribution in [-0.4, -0.2) is 22.1 Å². The third-order valence-corrected chi connectivity index (χ3v) is 6.60. The molecule has 1 fully saturated rings. The minimum absolute atomic E-state index is 0.221. The molecular weight excluding hydrogens is 464 g/mol. The van der Waals surface area contributed by atoms with Gasteiger partial charge in [0.1, 0.15) is 13.2 Å². The maximum atomic E-state index is 11.1. The van der Waals surface area contributed by atoms with Crippen molar-refractivity contribution >= 4 is 5.97 Å². The van der Waals surface area contributed by atoms with Gasteiger partial charge in [0.15, 0.2) is 0 Å².